The lowest BCUT2D eigenvalue weighted by molar-refractivity contribution is -0.124. The van der Waals surface area contributed by atoms with Gasteiger partial charge in [-0.3, -0.25) is 29.1 Å². The number of benzene rings is 4. The zero-order valence-electron chi connectivity index (χ0n) is 45.1. The maximum absolute atomic E-state index is 12.6. The summed E-state index contributed by atoms with van der Waals surface area (Å²) in [5, 5.41) is 14.1. The van der Waals surface area contributed by atoms with Crippen LogP contribution in [0.15, 0.2) is 73.1 Å². The fourth-order valence-corrected chi connectivity index (χ4v) is 8.47. The van der Waals surface area contributed by atoms with Crippen molar-refractivity contribution in [3.8, 4) is 23.0 Å². The summed E-state index contributed by atoms with van der Waals surface area (Å²) < 4.78 is 23.1. The van der Waals surface area contributed by atoms with Crippen LogP contribution in [0.4, 0.5) is 22.7 Å². The van der Waals surface area contributed by atoms with E-state index in [1.54, 1.807) is 12.1 Å². The number of amides is 4. The Morgan fingerprint density at radius 3 is 1.25 bits per heavy atom. The second-order valence-corrected chi connectivity index (χ2v) is 18.1. The third-order valence-electron chi connectivity index (χ3n) is 12.9. The van der Waals surface area contributed by atoms with Crippen LogP contribution in [0, 0.1) is 11.8 Å². The number of nitrogens with one attached hydrogen (secondary N) is 4. The first-order chi connectivity index (χ1) is 36.0. The summed E-state index contributed by atoms with van der Waals surface area (Å²) in [6.07, 6.45) is 5.14. The molecule has 0 radical (unpaired) electrons. The molecule has 3 atom stereocenters. The summed E-state index contributed by atoms with van der Waals surface area (Å²) in [7, 11) is 0. The number of fused-ring (bicyclic) bond motifs is 2. The Labute approximate surface area is 440 Å². The minimum atomic E-state index is -0.604. The van der Waals surface area contributed by atoms with Crippen molar-refractivity contribution in [2.45, 2.75) is 114 Å². The first kappa shape index (κ1) is 58.2. The maximum Gasteiger partial charge on any atom is 0.252 e. The summed E-state index contributed by atoms with van der Waals surface area (Å²) in [5.74, 6) is 0.812. The predicted molar refractivity (Wildman–Crippen MR) is 297 cm³/mol. The van der Waals surface area contributed by atoms with Crippen molar-refractivity contribution < 1.29 is 38.1 Å². The number of nitrogens with zero attached hydrogens (tertiary/aromatic N) is 2. The molecule has 18 heteroatoms. The van der Waals surface area contributed by atoms with Crippen LogP contribution in [0.1, 0.15) is 119 Å². The number of anilines is 4. The molecule has 0 spiro atoms. The number of nitrogens with two attached hydrogens (primary N) is 4. The SMILES string of the molecule is CCOc1cc2ncc(C(N)=O)c(Nc3cccc(CNC(=O)[C@@H](N)[C@@H](C)CC)c3CC)c2cc1OCC.CCOc1cc2ncc(C(N)=O)c(Nc3cccc(CNC(=O)[C@H](N)C(C)C)c3CC)c2cc1OCC. The molecular weight excluding hydrogens is 953 g/mol. The highest BCUT2D eigenvalue weighted by Gasteiger charge is 2.23. The monoisotopic (exact) mass is 1030 g/mol. The molecule has 4 amide bonds. The predicted octanol–water partition coefficient (Wildman–Crippen LogP) is 8.46. The van der Waals surface area contributed by atoms with Crippen LogP contribution in [0.2, 0.25) is 0 Å². The molecule has 0 aliphatic rings. The van der Waals surface area contributed by atoms with Crippen molar-refractivity contribution in [1.29, 1.82) is 0 Å². The number of primary amides is 2. The van der Waals surface area contributed by atoms with E-state index in [2.05, 4.69) is 31.2 Å². The first-order valence-electron chi connectivity index (χ1n) is 25.8. The minimum Gasteiger partial charge on any atom is -0.490 e. The zero-order chi connectivity index (χ0) is 54.9. The molecule has 6 rings (SSSR count). The normalized spacial score (nSPS) is 12.2. The van der Waals surface area contributed by atoms with Gasteiger partial charge in [-0.15, -0.1) is 0 Å². The molecule has 75 heavy (non-hydrogen) atoms. The summed E-state index contributed by atoms with van der Waals surface area (Å²) in [5.41, 5.74) is 31.9. The van der Waals surface area contributed by atoms with Gasteiger partial charge in [0.1, 0.15) is 0 Å². The largest absolute Gasteiger partial charge is 0.490 e. The smallest absolute Gasteiger partial charge is 0.252 e. The van der Waals surface area contributed by atoms with E-state index in [0.29, 0.717) is 109 Å². The van der Waals surface area contributed by atoms with Crippen LogP contribution in [0.25, 0.3) is 21.8 Å². The molecule has 12 N–H and O–H groups in total. The van der Waals surface area contributed by atoms with Crippen molar-refractivity contribution >= 4 is 68.2 Å². The molecule has 18 nitrogen and oxygen atoms in total. The summed E-state index contributed by atoms with van der Waals surface area (Å²) in [4.78, 5) is 58.7. The first-order valence-corrected chi connectivity index (χ1v) is 25.8. The minimum absolute atomic E-state index is 0.0376. The van der Waals surface area contributed by atoms with Crippen LogP contribution in [0.3, 0.4) is 0 Å². The molecule has 0 saturated carbocycles. The summed E-state index contributed by atoms with van der Waals surface area (Å²) >= 11 is 0. The van der Waals surface area contributed by atoms with E-state index in [1.165, 1.54) is 12.4 Å². The van der Waals surface area contributed by atoms with E-state index in [4.69, 9.17) is 41.9 Å². The lowest BCUT2D eigenvalue weighted by atomic mass is 9.98. The lowest BCUT2D eigenvalue weighted by Crippen LogP contribution is -2.44. The van der Waals surface area contributed by atoms with Crippen LogP contribution < -0.4 is 63.1 Å². The van der Waals surface area contributed by atoms with E-state index in [1.807, 2.05) is 118 Å². The van der Waals surface area contributed by atoms with Gasteiger partial charge in [-0.05, 0) is 98.9 Å². The number of carbonyl (C=O) groups excluding carboxylic acids is 4. The molecule has 2 aromatic heterocycles. The van der Waals surface area contributed by atoms with Gasteiger partial charge in [0.15, 0.2) is 23.0 Å². The van der Waals surface area contributed by atoms with E-state index in [9.17, 15) is 19.2 Å². The van der Waals surface area contributed by atoms with Crippen molar-refractivity contribution in [2.24, 2.45) is 34.8 Å². The number of aromatic nitrogens is 2. The average Bonchev–Trinajstić information content (AvgIpc) is 3.39. The topological polar surface area (TPSA) is 283 Å². The van der Waals surface area contributed by atoms with Gasteiger partial charge >= 0.3 is 0 Å². The number of carbonyl (C=O) groups is 4. The molecule has 0 fully saturated rings. The van der Waals surface area contributed by atoms with Crippen LogP contribution in [-0.4, -0.2) is 72.1 Å². The van der Waals surface area contributed by atoms with Gasteiger partial charge in [-0.25, -0.2) is 0 Å². The van der Waals surface area contributed by atoms with Crippen molar-refractivity contribution in [2.75, 3.05) is 37.1 Å². The van der Waals surface area contributed by atoms with Gasteiger partial charge in [0.25, 0.3) is 11.8 Å². The number of rotatable bonds is 25. The number of hydrogen-bond donors (Lipinski definition) is 8. The molecular formula is C57H76N10O8. The van der Waals surface area contributed by atoms with Gasteiger partial charge in [0.2, 0.25) is 11.8 Å². The summed E-state index contributed by atoms with van der Waals surface area (Å²) in [6.45, 7) is 22.0. The van der Waals surface area contributed by atoms with Crippen LogP contribution >= 0.6 is 0 Å². The Morgan fingerprint density at radius 1 is 0.547 bits per heavy atom. The fourth-order valence-electron chi connectivity index (χ4n) is 8.47. The Hall–Kier alpha value is -7.70. The highest BCUT2D eigenvalue weighted by atomic mass is 16.5. The van der Waals surface area contributed by atoms with Gasteiger partial charge in [-0.2, -0.15) is 0 Å². The van der Waals surface area contributed by atoms with E-state index >= 15 is 0 Å². The standard InChI is InChI=1S/C29H39N5O4.C28H37N5O4/c1-6-17(5)26(30)29(36)33-15-18-11-10-12-22(19(18)7-2)34-27-20-13-24(37-8-3)25(38-9-4)14-23(20)32-16-21(27)28(31)35;1-6-18-17(14-32-28(35)25(29)16(4)5)10-9-11-21(18)33-26-19-12-23(36-7-2)24(37-8-3)13-22(19)31-15-20(26)27(30)34/h10-14,16-17,26H,6-9,15,30H2,1-5H3,(H2,31,35)(H,32,34)(H,33,36);9-13,15-16,25H,6-8,14,29H2,1-5H3,(H2,30,34)(H,31,33)(H,32,35)/t17-,26-;25-/m01/s1. The van der Waals surface area contributed by atoms with Crippen LogP contribution in [-0.2, 0) is 35.5 Å². The molecule has 402 valence electrons. The number of ether oxygens (including phenoxy) is 4. The molecule has 2 heterocycles. The van der Waals surface area contributed by atoms with Gasteiger partial charge in [0, 0.05) is 59.8 Å². The highest BCUT2D eigenvalue weighted by Crippen LogP contribution is 2.40. The molecule has 0 bridgehead atoms. The quantitative estimate of drug-likeness (QED) is 0.0267. The number of pyridine rings is 2. The third-order valence-corrected chi connectivity index (χ3v) is 12.9. The Morgan fingerprint density at radius 2 is 0.920 bits per heavy atom. The maximum atomic E-state index is 12.6. The average molecular weight is 1030 g/mol. The fraction of sp³-hybridized carbons (Fsp3) is 0.404. The second-order valence-electron chi connectivity index (χ2n) is 18.1. The van der Waals surface area contributed by atoms with Gasteiger partial charge in [-0.1, -0.05) is 72.2 Å². The van der Waals surface area contributed by atoms with Gasteiger partial charge < -0.3 is 63.1 Å². The summed E-state index contributed by atoms with van der Waals surface area (Å²) in [6, 6.07) is 17.7. The Balaban J connectivity index is 0.000000277. The second kappa shape index (κ2) is 27.5. The molecule has 0 aliphatic carbocycles. The highest BCUT2D eigenvalue weighted by molar-refractivity contribution is 6.09. The van der Waals surface area contributed by atoms with Crippen LogP contribution in [0.5, 0.6) is 23.0 Å². The molecule has 4 aromatic carbocycles. The van der Waals surface area contributed by atoms with Gasteiger partial charge in [0.05, 0.1) is 72.0 Å². The molecule has 6 aromatic rings. The third kappa shape index (κ3) is 14.3. The molecule has 0 unspecified atom stereocenters. The lowest BCUT2D eigenvalue weighted by Gasteiger charge is -2.21. The van der Waals surface area contributed by atoms with E-state index in [0.717, 1.165) is 40.0 Å². The van der Waals surface area contributed by atoms with Crippen molar-refractivity contribution in [3.05, 3.63) is 106 Å². The molecule has 0 aliphatic heterocycles. The Kier molecular flexibility index (Phi) is 21.4. The van der Waals surface area contributed by atoms with Crippen molar-refractivity contribution in [1.82, 2.24) is 20.6 Å². The number of hydrogen-bond acceptors (Lipinski definition) is 14. The van der Waals surface area contributed by atoms with E-state index < -0.39 is 23.9 Å². The van der Waals surface area contributed by atoms with Crippen molar-refractivity contribution in [3.63, 3.8) is 0 Å². The Bertz CT molecular complexity index is 2960. The zero-order valence-corrected chi connectivity index (χ0v) is 45.1. The molecule has 0 saturated heterocycles. The van der Waals surface area contributed by atoms with E-state index in [-0.39, 0.29) is 34.8 Å².